The van der Waals surface area contributed by atoms with Gasteiger partial charge < -0.3 is 4.79 Å². The van der Waals surface area contributed by atoms with Crippen LogP contribution in [0.2, 0.25) is 0 Å². The van der Waals surface area contributed by atoms with E-state index in [1.54, 1.807) is 0 Å². The average molecular weight is 192 g/mol. The molecule has 0 heterocycles. The summed E-state index contributed by atoms with van der Waals surface area (Å²) >= 11 is 0. The van der Waals surface area contributed by atoms with Gasteiger partial charge in [0.15, 0.2) is 0 Å². The zero-order chi connectivity index (χ0) is 10.5. The van der Waals surface area contributed by atoms with Gasteiger partial charge in [0, 0.05) is 6.42 Å². The SMILES string of the molecule is C=CCCCC=CCC=CCCC=O. The third-order valence-corrected chi connectivity index (χ3v) is 1.84. The Bertz CT molecular complexity index is 189. The Hall–Kier alpha value is -1.11. The molecule has 0 aromatic rings. The van der Waals surface area contributed by atoms with Gasteiger partial charge in [-0.05, 0) is 32.1 Å². The van der Waals surface area contributed by atoms with Gasteiger partial charge >= 0.3 is 0 Å². The van der Waals surface area contributed by atoms with Crippen LogP contribution in [-0.2, 0) is 4.79 Å². The fraction of sp³-hybridized carbons (Fsp3) is 0.462. The van der Waals surface area contributed by atoms with Gasteiger partial charge in [-0.15, -0.1) is 6.58 Å². The molecule has 0 rings (SSSR count). The topological polar surface area (TPSA) is 17.1 Å². The fourth-order valence-corrected chi connectivity index (χ4v) is 1.05. The highest BCUT2D eigenvalue weighted by Crippen LogP contribution is 1.98. The zero-order valence-electron chi connectivity index (χ0n) is 8.82. The summed E-state index contributed by atoms with van der Waals surface area (Å²) in [4.78, 5) is 9.98. The molecule has 0 radical (unpaired) electrons. The highest BCUT2D eigenvalue weighted by atomic mass is 16.1. The summed E-state index contributed by atoms with van der Waals surface area (Å²) < 4.78 is 0. The summed E-state index contributed by atoms with van der Waals surface area (Å²) in [5, 5.41) is 0. The van der Waals surface area contributed by atoms with E-state index in [-0.39, 0.29) is 0 Å². The quantitative estimate of drug-likeness (QED) is 0.308. The van der Waals surface area contributed by atoms with E-state index in [9.17, 15) is 4.79 Å². The molecule has 0 aliphatic rings. The minimum absolute atomic E-state index is 0.638. The number of hydrogen-bond donors (Lipinski definition) is 0. The van der Waals surface area contributed by atoms with E-state index >= 15 is 0 Å². The lowest BCUT2D eigenvalue weighted by Crippen LogP contribution is -1.70. The maximum Gasteiger partial charge on any atom is 0.120 e. The number of carbonyl (C=O) groups excluding carboxylic acids is 1. The molecule has 0 aliphatic carbocycles. The fourth-order valence-electron chi connectivity index (χ4n) is 1.05. The Labute approximate surface area is 87.2 Å². The third-order valence-electron chi connectivity index (χ3n) is 1.84. The molecule has 0 amide bonds. The van der Waals surface area contributed by atoms with Crippen LogP contribution in [0.5, 0.6) is 0 Å². The van der Waals surface area contributed by atoms with Crippen LogP contribution in [0.1, 0.15) is 38.5 Å². The van der Waals surface area contributed by atoms with E-state index in [4.69, 9.17) is 0 Å². The van der Waals surface area contributed by atoms with Crippen LogP contribution < -0.4 is 0 Å². The Morgan fingerprint density at radius 1 is 0.857 bits per heavy atom. The van der Waals surface area contributed by atoms with E-state index in [2.05, 4.69) is 30.9 Å². The smallest absolute Gasteiger partial charge is 0.120 e. The van der Waals surface area contributed by atoms with Crippen LogP contribution in [0, 0.1) is 0 Å². The molecule has 0 aliphatic heterocycles. The monoisotopic (exact) mass is 192 g/mol. The van der Waals surface area contributed by atoms with Gasteiger partial charge in [-0.3, -0.25) is 0 Å². The number of carbonyl (C=O) groups is 1. The highest BCUT2D eigenvalue weighted by Gasteiger charge is 1.79. The second kappa shape index (κ2) is 11.9. The summed E-state index contributed by atoms with van der Waals surface area (Å²) in [5.41, 5.74) is 0. The molecule has 0 unspecified atom stereocenters. The van der Waals surface area contributed by atoms with E-state index < -0.39 is 0 Å². The lowest BCUT2D eigenvalue weighted by atomic mass is 10.2. The van der Waals surface area contributed by atoms with Gasteiger partial charge in [-0.1, -0.05) is 30.4 Å². The predicted molar refractivity (Wildman–Crippen MR) is 62.2 cm³/mol. The maximum atomic E-state index is 9.98. The lowest BCUT2D eigenvalue weighted by molar-refractivity contribution is -0.107. The molecule has 14 heavy (non-hydrogen) atoms. The van der Waals surface area contributed by atoms with Crippen molar-refractivity contribution in [2.45, 2.75) is 38.5 Å². The van der Waals surface area contributed by atoms with Crippen molar-refractivity contribution in [3.05, 3.63) is 37.0 Å². The Balaban J connectivity index is 3.20. The molecule has 0 N–H and O–H groups in total. The Morgan fingerprint density at radius 2 is 1.57 bits per heavy atom. The summed E-state index contributed by atoms with van der Waals surface area (Å²) in [6.45, 7) is 3.67. The number of rotatable bonds is 9. The molecule has 0 aromatic carbocycles. The number of hydrogen-bond acceptors (Lipinski definition) is 1. The normalized spacial score (nSPS) is 11.1. The van der Waals surface area contributed by atoms with E-state index in [1.165, 1.54) is 6.42 Å². The van der Waals surface area contributed by atoms with Crippen molar-refractivity contribution < 1.29 is 4.79 Å². The molecular weight excluding hydrogens is 172 g/mol. The minimum Gasteiger partial charge on any atom is -0.303 e. The first-order valence-electron chi connectivity index (χ1n) is 5.26. The van der Waals surface area contributed by atoms with Crippen molar-refractivity contribution in [2.75, 3.05) is 0 Å². The molecule has 0 bridgehead atoms. The van der Waals surface area contributed by atoms with Crippen LogP contribution in [0.4, 0.5) is 0 Å². The first kappa shape index (κ1) is 12.9. The van der Waals surface area contributed by atoms with Gasteiger partial charge in [0.05, 0.1) is 0 Å². The second-order valence-electron chi connectivity index (χ2n) is 3.14. The summed E-state index contributed by atoms with van der Waals surface area (Å²) in [7, 11) is 0. The van der Waals surface area contributed by atoms with Gasteiger partial charge in [-0.25, -0.2) is 0 Å². The Morgan fingerprint density at radius 3 is 2.21 bits per heavy atom. The molecule has 0 fully saturated rings. The Kier molecular flexibility index (Phi) is 10.9. The first-order valence-corrected chi connectivity index (χ1v) is 5.26. The summed E-state index contributed by atoms with van der Waals surface area (Å²) in [6.07, 6.45) is 17.3. The van der Waals surface area contributed by atoms with Crippen LogP contribution in [0.25, 0.3) is 0 Å². The largest absolute Gasteiger partial charge is 0.303 e. The third kappa shape index (κ3) is 10.9. The molecular formula is C13H20O. The van der Waals surface area contributed by atoms with Crippen LogP contribution in [0.15, 0.2) is 37.0 Å². The highest BCUT2D eigenvalue weighted by molar-refractivity contribution is 5.49. The summed E-state index contributed by atoms with van der Waals surface area (Å²) in [6, 6.07) is 0. The molecule has 0 spiro atoms. The molecule has 78 valence electrons. The lowest BCUT2D eigenvalue weighted by Gasteiger charge is -1.88. The van der Waals surface area contributed by atoms with Crippen LogP contribution in [-0.4, -0.2) is 6.29 Å². The van der Waals surface area contributed by atoms with Gasteiger partial charge in [-0.2, -0.15) is 0 Å². The zero-order valence-corrected chi connectivity index (χ0v) is 8.82. The molecule has 0 aromatic heterocycles. The number of unbranched alkanes of at least 4 members (excludes halogenated alkanes) is 3. The van der Waals surface area contributed by atoms with Crippen molar-refractivity contribution in [1.82, 2.24) is 0 Å². The van der Waals surface area contributed by atoms with Crippen molar-refractivity contribution in [2.24, 2.45) is 0 Å². The number of allylic oxidation sites excluding steroid dienone is 5. The first-order chi connectivity index (χ1) is 6.91. The van der Waals surface area contributed by atoms with E-state index in [0.717, 1.165) is 32.0 Å². The molecule has 0 atom stereocenters. The standard InChI is InChI=1S/C13H20O/c1-2-3-4-5-6-7-8-9-10-11-12-13-14/h2,6-7,9-10,13H,1,3-5,8,11-12H2. The van der Waals surface area contributed by atoms with Crippen LogP contribution in [0.3, 0.4) is 0 Å². The van der Waals surface area contributed by atoms with Crippen molar-refractivity contribution in [3.8, 4) is 0 Å². The predicted octanol–water partition coefficient (Wildman–Crippen LogP) is 3.82. The maximum absolute atomic E-state index is 9.98. The van der Waals surface area contributed by atoms with Gasteiger partial charge in [0.25, 0.3) is 0 Å². The molecule has 1 nitrogen and oxygen atoms in total. The average Bonchev–Trinajstić information content (AvgIpc) is 2.21. The van der Waals surface area contributed by atoms with Crippen molar-refractivity contribution in [1.29, 1.82) is 0 Å². The molecule has 0 saturated carbocycles. The van der Waals surface area contributed by atoms with Crippen molar-refractivity contribution in [3.63, 3.8) is 0 Å². The van der Waals surface area contributed by atoms with E-state index in [1.807, 2.05) is 6.08 Å². The van der Waals surface area contributed by atoms with Crippen molar-refractivity contribution >= 4 is 6.29 Å². The molecule has 1 heteroatoms. The second-order valence-corrected chi connectivity index (χ2v) is 3.14. The van der Waals surface area contributed by atoms with Crippen LogP contribution >= 0.6 is 0 Å². The van der Waals surface area contributed by atoms with Gasteiger partial charge in [0.2, 0.25) is 0 Å². The van der Waals surface area contributed by atoms with E-state index in [0.29, 0.717) is 6.42 Å². The van der Waals surface area contributed by atoms with Gasteiger partial charge in [0.1, 0.15) is 6.29 Å². The molecule has 0 saturated heterocycles. The minimum atomic E-state index is 0.638. The summed E-state index contributed by atoms with van der Waals surface area (Å²) in [5.74, 6) is 0. The number of aldehydes is 1.